The molecule has 0 bridgehead atoms. The topological polar surface area (TPSA) is 93.1 Å². The van der Waals surface area contributed by atoms with E-state index in [2.05, 4.69) is 10.4 Å². The van der Waals surface area contributed by atoms with E-state index in [0.717, 1.165) is 17.0 Å². The normalized spacial score (nSPS) is 10.4. The summed E-state index contributed by atoms with van der Waals surface area (Å²) in [5.41, 5.74) is 1.99. The fourth-order valence-corrected chi connectivity index (χ4v) is 2.93. The van der Waals surface area contributed by atoms with Crippen molar-refractivity contribution in [3.8, 4) is 17.5 Å². The summed E-state index contributed by atoms with van der Waals surface area (Å²) in [6, 6.07) is 22.2. The summed E-state index contributed by atoms with van der Waals surface area (Å²) < 4.78 is 12.9. The highest BCUT2D eigenvalue weighted by molar-refractivity contribution is 6.02. The predicted molar refractivity (Wildman–Crippen MR) is 110 cm³/mol. The number of benzene rings is 2. The van der Waals surface area contributed by atoms with Crippen LogP contribution >= 0.6 is 0 Å². The Bertz CT molecular complexity index is 1220. The van der Waals surface area contributed by atoms with Crippen LogP contribution in [0.1, 0.15) is 27.4 Å². The summed E-state index contributed by atoms with van der Waals surface area (Å²) in [5.74, 6) is 1.18. The van der Waals surface area contributed by atoms with Crippen LogP contribution < -0.4 is 10.1 Å². The lowest BCUT2D eigenvalue weighted by atomic mass is 10.2. The van der Waals surface area contributed by atoms with Gasteiger partial charge in [-0.2, -0.15) is 10.4 Å². The summed E-state index contributed by atoms with van der Waals surface area (Å²) in [5, 5.41) is 16.3. The van der Waals surface area contributed by atoms with Crippen molar-refractivity contribution in [3.63, 3.8) is 0 Å². The number of anilines is 1. The van der Waals surface area contributed by atoms with Crippen LogP contribution in [0.25, 0.3) is 5.69 Å². The number of carbonyl (C=O) groups excluding carboxylic acids is 1. The lowest BCUT2D eigenvalue weighted by Gasteiger charge is -2.09. The first-order chi connectivity index (χ1) is 14.7. The average Bonchev–Trinajstić information content (AvgIpc) is 3.41. The largest absolute Gasteiger partial charge is 0.485 e. The minimum Gasteiger partial charge on any atom is -0.485 e. The van der Waals surface area contributed by atoms with Crippen LogP contribution in [-0.2, 0) is 6.61 Å². The summed E-state index contributed by atoms with van der Waals surface area (Å²) in [7, 11) is 0. The zero-order valence-corrected chi connectivity index (χ0v) is 16.2. The number of nitrogens with one attached hydrogen (secondary N) is 1. The Kier molecular flexibility index (Phi) is 5.31. The molecule has 0 radical (unpaired) electrons. The molecule has 0 aliphatic heterocycles. The number of amides is 1. The van der Waals surface area contributed by atoms with Crippen LogP contribution in [0.3, 0.4) is 0 Å². The van der Waals surface area contributed by atoms with Crippen LogP contribution in [0.2, 0.25) is 0 Å². The molecular formula is C23H18N4O3. The average molecular weight is 398 g/mol. The first kappa shape index (κ1) is 19.0. The Morgan fingerprint density at radius 1 is 1.13 bits per heavy atom. The van der Waals surface area contributed by atoms with E-state index in [-0.39, 0.29) is 23.7 Å². The second-order valence-corrected chi connectivity index (χ2v) is 6.54. The van der Waals surface area contributed by atoms with E-state index in [0.29, 0.717) is 5.76 Å². The van der Waals surface area contributed by atoms with Gasteiger partial charge in [0.05, 0.1) is 11.9 Å². The number of rotatable bonds is 6. The second kappa shape index (κ2) is 8.37. The standard InChI is InChI=1S/C23H18N4O3/c1-16-7-5-6-10-20(16)29-15-19-11-12-21(30-19)23(28)26-22-17(13-24)14-25-27(22)18-8-3-2-4-9-18/h2-12,14H,15H2,1H3,(H,26,28). The van der Waals surface area contributed by atoms with Crippen molar-refractivity contribution >= 4 is 11.7 Å². The Hall–Kier alpha value is -4.31. The Morgan fingerprint density at radius 2 is 1.90 bits per heavy atom. The van der Waals surface area contributed by atoms with Crippen LogP contribution in [0, 0.1) is 18.3 Å². The molecule has 2 aromatic heterocycles. The molecule has 7 heteroatoms. The summed E-state index contributed by atoms with van der Waals surface area (Å²) in [6.45, 7) is 2.16. The SMILES string of the molecule is Cc1ccccc1OCc1ccc(C(=O)Nc2c(C#N)cnn2-c2ccccc2)o1. The third-order valence-corrected chi connectivity index (χ3v) is 4.47. The van der Waals surface area contributed by atoms with Crippen molar-refractivity contribution in [2.45, 2.75) is 13.5 Å². The van der Waals surface area contributed by atoms with E-state index in [9.17, 15) is 10.1 Å². The highest BCUT2D eigenvalue weighted by atomic mass is 16.5. The van der Waals surface area contributed by atoms with Gasteiger partial charge in [0.25, 0.3) is 5.91 Å². The maximum absolute atomic E-state index is 12.7. The van der Waals surface area contributed by atoms with Crippen LogP contribution in [-0.4, -0.2) is 15.7 Å². The maximum atomic E-state index is 12.7. The molecule has 0 fully saturated rings. The summed E-state index contributed by atoms with van der Waals surface area (Å²) in [4.78, 5) is 12.7. The molecule has 1 N–H and O–H groups in total. The fraction of sp³-hybridized carbons (Fsp3) is 0.0870. The number of nitriles is 1. The molecular weight excluding hydrogens is 380 g/mol. The Balaban J connectivity index is 1.50. The third-order valence-electron chi connectivity index (χ3n) is 4.47. The number of furan rings is 1. The molecule has 0 atom stereocenters. The molecule has 7 nitrogen and oxygen atoms in total. The Labute approximate surface area is 173 Å². The molecule has 0 aliphatic rings. The number of nitrogens with zero attached hydrogens (tertiary/aromatic N) is 3. The molecule has 4 rings (SSSR count). The van der Waals surface area contributed by atoms with E-state index in [1.807, 2.05) is 67.6 Å². The van der Waals surface area contributed by atoms with Gasteiger partial charge in [0, 0.05) is 0 Å². The third kappa shape index (κ3) is 3.93. The highest BCUT2D eigenvalue weighted by Crippen LogP contribution is 2.22. The van der Waals surface area contributed by atoms with Crippen molar-refractivity contribution in [3.05, 3.63) is 95.6 Å². The number of para-hydroxylation sites is 2. The van der Waals surface area contributed by atoms with Crippen LogP contribution in [0.4, 0.5) is 5.82 Å². The zero-order valence-electron chi connectivity index (χ0n) is 16.2. The summed E-state index contributed by atoms with van der Waals surface area (Å²) in [6.07, 6.45) is 1.41. The van der Waals surface area contributed by atoms with E-state index in [1.165, 1.54) is 10.9 Å². The number of aromatic nitrogens is 2. The minimum atomic E-state index is -0.480. The second-order valence-electron chi connectivity index (χ2n) is 6.54. The lowest BCUT2D eigenvalue weighted by Crippen LogP contribution is -2.15. The molecule has 0 saturated heterocycles. The number of hydrogen-bond acceptors (Lipinski definition) is 5. The number of aryl methyl sites for hydroxylation is 1. The number of carbonyl (C=O) groups is 1. The number of ether oxygens (including phenoxy) is 1. The van der Waals surface area contributed by atoms with Crippen molar-refractivity contribution in [1.82, 2.24) is 9.78 Å². The molecule has 0 aliphatic carbocycles. The zero-order chi connectivity index (χ0) is 20.9. The molecule has 0 unspecified atom stereocenters. The van der Waals surface area contributed by atoms with Crippen molar-refractivity contribution in [2.24, 2.45) is 0 Å². The fourth-order valence-electron chi connectivity index (χ4n) is 2.93. The van der Waals surface area contributed by atoms with Gasteiger partial charge in [-0.05, 0) is 42.8 Å². The number of hydrogen-bond donors (Lipinski definition) is 1. The molecule has 30 heavy (non-hydrogen) atoms. The van der Waals surface area contributed by atoms with Gasteiger partial charge in [-0.3, -0.25) is 4.79 Å². The van der Waals surface area contributed by atoms with Crippen molar-refractivity contribution < 1.29 is 13.9 Å². The molecule has 2 heterocycles. The van der Waals surface area contributed by atoms with Crippen LogP contribution in [0.15, 0.2) is 77.3 Å². The van der Waals surface area contributed by atoms with E-state index < -0.39 is 5.91 Å². The van der Waals surface area contributed by atoms with E-state index >= 15 is 0 Å². The first-order valence-corrected chi connectivity index (χ1v) is 9.28. The van der Waals surface area contributed by atoms with E-state index in [1.54, 1.807) is 12.1 Å². The Morgan fingerprint density at radius 3 is 2.67 bits per heavy atom. The molecule has 1 amide bonds. The summed E-state index contributed by atoms with van der Waals surface area (Å²) >= 11 is 0. The minimum absolute atomic E-state index is 0.114. The molecule has 148 valence electrons. The van der Waals surface area contributed by atoms with Gasteiger partial charge in [-0.25, -0.2) is 4.68 Å². The highest BCUT2D eigenvalue weighted by Gasteiger charge is 2.18. The monoisotopic (exact) mass is 398 g/mol. The van der Waals surface area contributed by atoms with Gasteiger partial charge >= 0.3 is 0 Å². The van der Waals surface area contributed by atoms with Gasteiger partial charge in [0.1, 0.15) is 29.7 Å². The van der Waals surface area contributed by atoms with Crippen molar-refractivity contribution in [2.75, 3.05) is 5.32 Å². The van der Waals surface area contributed by atoms with Gasteiger partial charge in [-0.15, -0.1) is 0 Å². The van der Waals surface area contributed by atoms with Crippen molar-refractivity contribution in [1.29, 1.82) is 5.26 Å². The quantitative estimate of drug-likeness (QED) is 0.517. The molecule has 4 aromatic rings. The molecule has 0 saturated carbocycles. The predicted octanol–water partition coefficient (Wildman–Crippen LogP) is 4.48. The lowest BCUT2D eigenvalue weighted by molar-refractivity contribution is 0.0992. The molecule has 0 spiro atoms. The van der Waals surface area contributed by atoms with Gasteiger partial charge in [0.15, 0.2) is 11.6 Å². The maximum Gasteiger partial charge on any atom is 0.292 e. The van der Waals surface area contributed by atoms with Gasteiger partial charge < -0.3 is 14.5 Å². The van der Waals surface area contributed by atoms with Gasteiger partial charge in [-0.1, -0.05) is 36.4 Å². The first-order valence-electron chi connectivity index (χ1n) is 9.28. The van der Waals surface area contributed by atoms with Crippen LogP contribution in [0.5, 0.6) is 5.75 Å². The smallest absolute Gasteiger partial charge is 0.292 e. The molecule has 2 aromatic carbocycles. The van der Waals surface area contributed by atoms with Gasteiger partial charge in [0.2, 0.25) is 0 Å². The van der Waals surface area contributed by atoms with E-state index in [4.69, 9.17) is 9.15 Å².